The summed E-state index contributed by atoms with van der Waals surface area (Å²) in [5.41, 5.74) is -0.418. The molecule has 3 heteroatoms. The second-order valence-corrected chi connectivity index (χ2v) is 4.87. The lowest BCUT2D eigenvalue weighted by molar-refractivity contribution is -0.150. The number of carbonyl (C=O) groups is 1. The first-order valence-electron chi connectivity index (χ1n) is 5.90. The Balaban J connectivity index is 2.69. The average molecular weight is 213 g/mol. The van der Waals surface area contributed by atoms with Gasteiger partial charge >= 0.3 is 5.97 Å². The van der Waals surface area contributed by atoms with Crippen molar-refractivity contribution in [2.45, 2.75) is 45.6 Å². The number of rotatable bonds is 6. The summed E-state index contributed by atoms with van der Waals surface area (Å²) in [6.45, 7) is 7.23. The van der Waals surface area contributed by atoms with Gasteiger partial charge in [-0.1, -0.05) is 20.8 Å². The molecule has 0 saturated heterocycles. The van der Waals surface area contributed by atoms with Crippen LogP contribution in [-0.4, -0.2) is 25.2 Å². The minimum atomic E-state index is -0.418. The molecule has 1 rings (SSSR count). The molecule has 0 amide bonds. The van der Waals surface area contributed by atoms with Crippen molar-refractivity contribution in [3.63, 3.8) is 0 Å². The van der Waals surface area contributed by atoms with E-state index in [2.05, 4.69) is 26.1 Å². The van der Waals surface area contributed by atoms with E-state index >= 15 is 0 Å². The standard InChI is InChI=1S/C12H23NO2/c1-5-12(10-6-7-10,11(14)15-4)13-8-9(2)3/h9-10,13H,5-8H2,1-4H3. The van der Waals surface area contributed by atoms with Crippen LogP contribution in [0.15, 0.2) is 0 Å². The summed E-state index contributed by atoms with van der Waals surface area (Å²) >= 11 is 0. The van der Waals surface area contributed by atoms with E-state index in [4.69, 9.17) is 4.74 Å². The minimum absolute atomic E-state index is 0.0897. The zero-order valence-corrected chi connectivity index (χ0v) is 10.3. The highest BCUT2D eigenvalue weighted by atomic mass is 16.5. The van der Waals surface area contributed by atoms with Gasteiger partial charge in [0.25, 0.3) is 0 Å². The van der Waals surface area contributed by atoms with Crippen molar-refractivity contribution < 1.29 is 9.53 Å². The third-order valence-corrected chi connectivity index (χ3v) is 3.21. The van der Waals surface area contributed by atoms with Gasteiger partial charge in [0, 0.05) is 0 Å². The Morgan fingerprint density at radius 1 is 1.53 bits per heavy atom. The van der Waals surface area contributed by atoms with E-state index in [9.17, 15) is 4.79 Å². The molecule has 1 aliphatic carbocycles. The van der Waals surface area contributed by atoms with Crippen LogP contribution in [0.2, 0.25) is 0 Å². The number of hydrogen-bond acceptors (Lipinski definition) is 3. The molecule has 0 heterocycles. The van der Waals surface area contributed by atoms with Crippen molar-refractivity contribution in [2.24, 2.45) is 11.8 Å². The van der Waals surface area contributed by atoms with E-state index in [1.807, 2.05) is 0 Å². The molecule has 1 saturated carbocycles. The molecule has 88 valence electrons. The predicted molar refractivity (Wildman–Crippen MR) is 60.6 cm³/mol. The van der Waals surface area contributed by atoms with Gasteiger partial charge in [0.2, 0.25) is 0 Å². The molecule has 0 aliphatic heterocycles. The normalized spacial score (nSPS) is 20.1. The Labute approximate surface area is 92.6 Å². The van der Waals surface area contributed by atoms with Crippen LogP contribution >= 0.6 is 0 Å². The zero-order chi connectivity index (χ0) is 11.5. The van der Waals surface area contributed by atoms with Crippen LogP contribution in [0.3, 0.4) is 0 Å². The van der Waals surface area contributed by atoms with Crippen LogP contribution in [0.25, 0.3) is 0 Å². The Morgan fingerprint density at radius 2 is 2.13 bits per heavy atom. The highest BCUT2D eigenvalue weighted by Gasteiger charge is 2.50. The zero-order valence-electron chi connectivity index (χ0n) is 10.3. The summed E-state index contributed by atoms with van der Waals surface area (Å²) in [6, 6.07) is 0. The Morgan fingerprint density at radius 3 is 2.47 bits per heavy atom. The van der Waals surface area contributed by atoms with Gasteiger partial charge in [0.05, 0.1) is 7.11 Å². The van der Waals surface area contributed by atoms with Crippen molar-refractivity contribution in [2.75, 3.05) is 13.7 Å². The molecule has 3 nitrogen and oxygen atoms in total. The van der Waals surface area contributed by atoms with Gasteiger partial charge in [0.1, 0.15) is 5.54 Å². The van der Waals surface area contributed by atoms with Crippen molar-refractivity contribution >= 4 is 5.97 Å². The van der Waals surface area contributed by atoms with Gasteiger partial charge in [-0.15, -0.1) is 0 Å². The molecule has 0 bridgehead atoms. The molecule has 0 aromatic rings. The molecular weight excluding hydrogens is 190 g/mol. The molecule has 1 fully saturated rings. The molecule has 15 heavy (non-hydrogen) atoms. The summed E-state index contributed by atoms with van der Waals surface area (Å²) in [5.74, 6) is 0.946. The van der Waals surface area contributed by atoms with E-state index in [0.29, 0.717) is 11.8 Å². The van der Waals surface area contributed by atoms with E-state index in [-0.39, 0.29) is 5.97 Å². The smallest absolute Gasteiger partial charge is 0.326 e. The first-order chi connectivity index (χ1) is 7.06. The number of nitrogens with one attached hydrogen (secondary N) is 1. The van der Waals surface area contributed by atoms with E-state index in [1.165, 1.54) is 7.11 Å². The molecule has 1 aliphatic rings. The quantitative estimate of drug-likeness (QED) is 0.685. The number of esters is 1. The monoisotopic (exact) mass is 213 g/mol. The van der Waals surface area contributed by atoms with Gasteiger partial charge in [-0.3, -0.25) is 4.79 Å². The molecule has 1 N–H and O–H groups in total. The molecule has 1 atom stereocenters. The lowest BCUT2D eigenvalue weighted by Crippen LogP contribution is -2.55. The maximum Gasteiger partial charge on any atom is 0.326 e. The van der Waals surface area contributed by atoms with Crippen molar-refractivity contribution in [3.05, 3.63) is 0 Å². The highest BCUT2D eigenvalue weighted by Crippen LogP contribution is 2.42. The summed E-state index contributed by atoms with van der Waals surface area (Å²) < 4.78 is 4.94. The fourth-order valence-corrected chi connectivity index (χ4v) is 2.09. The number of methoxy groups -OCH3 is 1. The van der Waals surface area contributed by atoms with Crippen LogP contribution in [0.4, 0.5) is 0 Å². The SMILES string of the molecule is CCC(NCC(C)C)(C(=O)OC)C1CC1. The van der Waals surface area contributed by atoms with Crippen LogP contribution < -0.4 is 5.32 Å². The fraction of sp³-hybridized carbons (Fsp3) is 0.917. The number of hydrogen-bond donors (Lipinski definition) is 1. The molecule has 1 unspecified atom stereocenters. The summed E-state index contributed by atoms with van der Waals surface area (Å²) in [7, 11) is 1.48. The second-order valence-electron chi connectivity index (χ2n) is 4.87. The third kappa shape index (κ3) is 2.71. The van der Waals surface area contributed by atoms with Crippen molar-refractivity contribution in [1.29, 1.82) is 0 Å². The highest BCUT2D eigenvalue weighted by molar-refractivity contribution is 5.81. The maximum absolute atomic E-state index is 11.9. The Hall–Kier alpha value is -0.570. The van der Waals surface area contributed by atoms with E-state index in [1.54, 1.807) is 0 Å². The first kappa shape index (κ1) is 12.5. The molecule has 0 spiro atoms. The molecule has 0 radical (unpaired) electrons. The first-order valence-corrected chi connectivity index (χ1v) is 5.90. The molecular formula is C12H23NO2. The van der Waals surface area contributed by atoms with Gasteiger partial charge in [-0.2, -0.15) is 0 Å². The largest absolute Gasteiger partial charge is 0.468 e. The summed E-state index contributed by atoms with van der Waals surface area (Å²) in [6.07, 6.45) is 3.11. The van der Waals surface area contributed by atoms with Gasteiger partial charge in [0.15, 0.2) is 0 Å². The number of ether oxygens (including phenoxy) is 1. The van der Waals surface area contributed by atoms with Gasteiger partial charge in [-0.25, -0.2) is 0 Å². The van der Waals surface area contributed by atoms with E-state index in [0.717, 1.165) is 25.8 Å². The van der Waals surface area contributed by atoms with Crippen LogP contribution in [0, 0.1) is 11.8 Å². The van der Waals surface area contributed by atoms with Crippen LogP contribution in [0.1, 0.15) is 40.0 Å². The van der Waals surface area contributed by atoms with Gasteiger partial charge in [-0.05, 0) is 37.6 Å². The lowest BCUT2D eigenvalue weighted by Gasteiger charge is -2.32. The van der Waals surface area contributed by atoms with E-state index < -0.39 is 5.54 Å². The summed E-state index contributed by atoms with van der Waals surface area (Å²) in [4.78, 5) is 11.9. The number of carbonyl (C=O) groups excluding carboxylic acids is 1. The van der Waals surface area contributed by atoms with Crippen LogP contribution in [-0.2, 0) is 9.53 Å². The van der Waals surface area contributed by atoms with Crippen molar-refractivity contribution in [3.8, 4) is 0 Å². The van der Waals surface area contributed by atoms with Crippen LogP contribution in [0.5, 0.6) is 0 Å². The predicted octanol–water partition coefficient (Wildman–Crippen LogP) is 1.96. The fourth-order valence-electron chi connectivity index (χ4n) is 2.09. The second kappa shape index (κ2) is 4.97. The Kier molecular flexibility index (Phi) is 4.14. The van der Waals surface area contributed by atoms with Gasteiger partial charge < -0.3 is 10.1 Å². The summed E-state index contributed by atoms with van der Waals surface area (Å²) in [5, 5.41) is 3.42. The molecule has 0 aromatic heterocycles. The van der Waals surface area contributed by atoms with Crippen molar-refractivity contribution in [1.82, 2.24) is 5.32 Å². The average Bonchev–Trinajstić information content (AvgIpc) is 3.03. The topological polar surface area (TPSA) is 38.3 Å². The maximum atomic E-state index is 11.9. The molecule has 0 aromatic carbocycles. The minimum Gasteiger partial charge on any atom is -0.468 e. The Bertz CT molecular complexity index is 224. The third-order valence-electron chi connectivity index (χ3n) is 3.21. The lowest BCUT2D eigenvalue weighted by atomic mass is 9.89.